The highest BCUT2D eigenvalue weighted by molar-refractivity contribution is 5.37. The Morgan fingerprint density at radius 2 is 2.00 bits per heavy atom. The molecule has 0 aliphatic carbocycles. The number of halogens is 3. The van der Waals surface area contributed by atoms with Crippen LogP contribution in [0.3, 0.4) is 0 Å². The quantitative estimate of drug-likeness (QED) is 0.940. The zero-order valence-electron chi connectivity index (χ0n) is 11.8. The Labute approximate surface area is 121 Å². The highest BCUT2D eigenvalue weighted by Crippen LogP contribution is 2.36. The van der Waals surface area contributed by atoms with E-state index in [1.807, 2.05) is 13.0 Å². The molecule has 0 bridgehead atoms. The monoisotopic (exact) mass is 295 g/mol. The molecule has 0 saturated heterocycles. The third-order valence-corrected chi connectivity index (χ3v) is 3.34. The van der Waals surface area contributed by atoms with Gasteiger partial charge in [0.05, 0.1) is 17.3 Å². The minimum atomic E-state index is -4.42. The van der Waals surface area contributed by atoms with Crippen molar-refractivity contribution in [3.05, 3.63) is 59.2 Å². The van der Waals surface area contributed by atoms with Crippen molar-refractivity contribution in [2.45, 2.75) is 25.6 Å². The zero-order chi connectivity index (χ0) is 15.5. The van der Waals surface area contributed by atoms with Crippen LogP contribution < -0.4 is 5.32 Å². The fraction of sp³-hybridized carbons (Fsp3) is 0.333. The van der Waals surface area contributed by atoms with Crippen LogP contribution in [-0.2, 0) is 12.6 Å². The van der Waals surface area contributed by atoms with E-state index in [0.29, 0.717) is 12.1 Å². The molecule has 0 amide bonds. The second-order valence-electron chi connectivity index (χ2n) is 4.58. The lowest BCUT2D eigenvalue weighted by Gasteiger charge is -2.22. The van der Waals surface area contributed by atoms with Crippen molar-refractivity contribution in [3.63, 3.8) is 0 Å². The van der Waals surface area contributed by atoms with E-state index in [4.69, 9.17) is 0 Å². The average Bonchev–Trinajstić information content (AvgIpc) is 2.48. The van der Waals surface area contributed by atoms with Gasteiger partial charge in [-0.1, -0.05) is 13.0 Å². The Hall–Kier alpha value is -1.95. The summed E-state index contributed by atoms with van der Waals surface area (Å²) in [5, 5.41) is 2.92. The van der Waals surface area contributed by atoms with Gasteiger partial charge in [-0.25, -0.2) is 0 Å². The maximum atomic E-state index is 13.2. The molecular formula is C15H16F3N3. The Bertz CT molecular complexity index is 611. The summed E-state index contributed by atoms with van der Waals surface area (Å²) < 4.78 is 39.5. The lowest BCUT2D eigenvalue weighted by atomic mass is 9.96. The summed E-state index contributed by atoms with van der Waals surface area (Å²) in [5.41, 5.74) is 0.903. The van der Waals surface area contributed by atoms with Crippen molar-refractivity contribution in [2.75, 3.05) is 7.05 Å². The normalized spacial score (nSPS) is 13.2. The number of hydrogen-bond acceptors (Lipinski definition) is 3. The van der Waals surface area contributed by atoms with E-state index in [1.54, 1.807) is 19.3 Å². The van der Waals surface area contributed by atoms with Gasteiger partial charge < -0.3 is 5.32 Å². The van der Waals surface area contributed by atoms with Gasteiger partial charge in [-0.05, 0) is 31.2 Å². The number of pyridine rings is 2. The first-order valence-corrected chi connectivity index (χ1v) is 6.61. The highest BCUT2D eigenvalue weighted by Gasteiger charge is 2.36. The van der Waals surface area contributed by atoms with Crippen molar-refractivity contribution < 1.29 is 13.2 Å². The van der Waals surface area contributed by atoms with Crippen molar-refractivity contribution in [3.8, 4) is 0 Å². The molecule has 0 saturated carbocycles. The lowest BCUT2D eigenvalue weighted by molar-refractivity contribution is -0.138. The molecule has 0 fully saturated rings. The van der Waals surface area contributed by atoms with Crippen LogP contribution in [0.1, 0.15) is 35.3 Å². The maximum Gasteiger partial charge on any atom is 0.416 e. The summed E-state index contributed by atoms with van der Waals surface area (Å²) in [5.74, 6) is 0. The second kappa shape index (κ2) is 6.22. The minimum absolute atomic E-state index is 0.0842. The fourth-order valence-electron chi connectivity index (χ4n) is 2.34. The first kappa shape index (κ1) is 15.4. The summed E-state index contributed by atoms with van der Waals surface area (Å²) in [4.78, 5) is 8.10. The highest BCUT2D eigenvalue weighted by atomic mass is 19.4. The topological polar surface area (TPSA) is 37.8 Å². The summed E-state index contributed by atoms with van der Waals surface area (Å²) in [6.07, 6.45) is 0.260. The number of aryl methyl sites for hydroxylation is 1. The molecule has 1 atom stereocenters. The predicted octanol–water partition coefficient (Wildman–Crippen LogP) is 3.37. The van der Waals surface area contributed by atoms with Crippen LogP contribution in [-0.4, -0.2) is 17.0 Å². The molecule has 6 heteroatoms. The van der Waals surface area contributed by atoms with Gasteiger partial charge in [-0.2, -0.15) is 13.2 Å². The summed E-state index contributed by atoms with van der Waals surface area (Å²) in [6.45, 7) is 1.95. The van der Waals surface area contributed by atoms with Crippen LogP contribution in [0.5, 0.6) is 0 Å². The third kappa shape index (κ3) is 3.21. The Kier molecular flexibility index (Phi) is 4.57. The second-order valence-corrected chi connectivity index (χ2v) is 4.58. The van der Waals surface area contributed by atoms with Crippen LogP contribution in [0.25, 0.3) is 0 Å². The largest absolute Gasteiger partial charge is 0.416 e. The summed E-state index contributed by atoms with van der Waals surface area (Å²) >= 11 is 0. The van der Waals surface area contributed by atoms with E-state index >= 15 is 0 Å². The van der Waals surface area contributed by atoms with Crippen LogP contribution in [0.15, 0.2) is 36.8 Å². The molecule has 1 unspecified atom stereocenters. The van der Waals surface area contributed by atoms with Crippen LogP contribution >= 0.6 is 0 Å². The van der Waals surface area contributed by atoms with Gasteiger partial charge in [-0.15, -0.1) is 0 Å². The summed E-state index contributed by atoms with van der Waals surface area (Å²) in [7, 11) is 1.62. The minimum Gasteiger partial charge on any atom is -0.308 e. The van der Waals surface area contributed by atoms with Gasteiger partial charge >= 0.3 is 6.18 Å². The van der Waals surface area contributed by atoms with E-state index < -0.39 is 17.8 Å². The van der Waals surface area contributed by atoms with Crippen molar-refractivity contribution in [1.82, 2.24) is 15.3 Å². The molecule has 0 radical (unpaired) electrons. The number of alkyl halides is 3. The van der Waals surface area contributed by atoms with E-state index in [1.165, 1.54) is 6.20 Å². The van der Waals surface area contributed by atoms with Crippen LogP contribution in [0.4, 0.5) is 13.2 Å². The van der Waals surface area contributed by atoms with Gasteiger partial charge in [0.25, 0.3) is 0 Å². The zero-order valence-corrected chi connectivity index (χ0v) is 11.8. The predicted molar refractivity (Wildman–Crippen MR) is 73.8 cm³/mol. The van der Waals surface area contributed by atoms with E-state index in [0.717, 1.165) is 17.8 Å². The number of hydrogen-bond donors (Lipinski definition) is 1. The summed E-state index contributed by atoms with van der Waals surface area (Å²) in [6, 6.07) is 4.00. The molecule has 2 aromatic rings. The van der Waals surface area contributed by atoms with E-state index in [9.17, 15) is 13.2 Å². The van der Waals surface area contributed by atoms with Gasteiger partial charge in [0.15, 0.2) is 0 Å². The Balaban J connectivity index is 2.58. The number of nitrogens with zero attached hydrogens (tertiary/aromatic N) is 2. The van der Waals surface area contributed by atoms with Crippen LogP contribution in [0.2, 0.25) is 0 Å². The molecule has 0 spiro atoms. The third-order valence-electron chi connectivity index (χ3n) is 3.34. The van der Waals surface area contributed by atoms with Crippen molar-refractivity contribution >= 4 is 0 Å². The van der Waals surface area contributed by atoms with Gasteiger partial charge in [0, 0.05) is 24.2 Å². The first-order chi connectivity index (χ1) is 9.99. The molecule has 0 aliphatic rings. The lowest BCUT2D eigenvalue weighted by Crippen LogP contribution is -2.24. The number of rotatable bonds is 4. The molecule has 2 rings (SSSR count). The van der Waals surface area contributed by atoms with Gasteiger partial charge in [-0.3, -0.25) is 9.97 Å². The molecule has 1 N–H and O–H groups in total. The molecule has 0 aliphatic heterocycles. The average molecular weight is 295 g/mol. The molecule has 0 aromatic carbocycles. The van der Waals surface area contributed by atoms with Crippen LogP contribution in [0, 0.1) is 0 Å². The first-order valence-electron chi connectivity index (χ1n) is 6.61. The standard InChI is InChI=1S/C15H16F3N3/c1-3-10-5-4-7-21-13(10)14(19-2)11-9-20-8-6-12(11)15(16,17)18/h4-9,14,19H,3H2,1-2H3. The smallest absolute Gasteiger partial charge is 0.308 e. The fourth-order valence-corrected chi connectivity index (χ4v) is 2.34. The maximum absolute atomic E-state index is 13.2. The Morgan fingerprint density at radius 1 is 1.24 bits per heavy atom. The molecule has 21 heavy (non-hydrogen) atoms. The van der Waals surface area contributed by atoms with Gasteiger partial charge in [0.1, 0.15) is 0 Å². The van der Waals surface area contributed by atoms with Crippen molar-refractivity contribution in [1.29, 1.82) is 0 Å². The molecular weight excluding hydrogens is 279 g/mol. The molecule has 3 nitrogen and oxygen atoms in total. The Morgan fingerprint density at radius 3 is 2.62 bits per heavy atom. The number of aromatic nitrogens is 2. The molecule has 2 heterocycles. The van der Waals surface area contributed by atoms with Gasteiger partial charge in [0.2, 0.25) is 0 Å². The molecule has 112 valence electrons. The van der Waals surface area contributed by atoms with E-state index in [2.05, 4.69) is 15.3 Å². The van der Waals surface area contributed by atoms with E-state index in [-0.39, 0.29) is 5.56 Å². The van der Waals surface area contributed by atoms with Crippen molar-refractivity contribution in [2.24, 2.45) is 0 Å². The number of nitrogens with one attached hydrogen (secondary N) is 1. The molecule has 2 aromatic heterocycles. The SMILES string of the molecule is CCc1cccnc1C(NC)c1cnccc1C(F)(F)F.